The van der Waals surface area contributed by atoms with E-state index in [1.165, 1.54) is 28.8 Å². The first-order chi connectivity index (χ1) is 11.0. The van der Waals surface area contributed by atoms with Crippen molar-refractivity contribution in [1.29, 1.82) is 0 Å². The highest BCUT2D eigenvalue weighted by Gasteiger charge is 2.39. The van der Waals surface area contributed by atoms with Gasteiger partial charge in [-0.3, -0.25) is 9.59 Å². The van der Waals surface area contributed by atoms with Crippen molar-refractivity contribution in [1.82, 2.24) is 10.2 Å². The summed E-state index contributed by atoms with van der Waals surface area (Å²) in [6.07, 6.45) is 2.20. The van der Waals surface area contributed by atoms with Gasteiger partial charge in [0.2, 0.25) is 11.8 Å². The van der Waals surface area contributed by atoms with Gasteiger partial charge < -0.3 is 10.2 Å². The van der Waals surface area contributed by atoms with E-state index in [2.05, 4.69) is 5.32 Å². The topological polar surface area (TPSA) is 49.4 Å². The fraction of sp³-hybridized carbons (Fsp3) is 0.500. The van der Waals surface area contributed by atoms with Gasteiger partial charge in [0.25, 0.3) is 0 Å². The van der Waals surface area contributed by atoms with Crippen LogP contribution in [0, 0.1) is 11.6 Å². The van der Waals surface area contributed by atoms with E-state index in [1.807, 2.05) is 0 Å². The number of hydrogen-bond donors (Lipinski definition) is 1. The van der Waals surface area contributed by atoms with Crippen molar-refractivity contribution >= 4 is 23.6 Å². The zero-order chi connectivity index (χ0) is 16.6. The van der Waals surface area contributed by atoms with Crippen LogP contribution in [0.25, 0.3) is 0 Å². The SMILES string of the molecule is CC1SC(c2ccc(F)cc2F)N(CCC(=O)NC2CC2)C1=O. The summed E-state index contributed by atoms with van der Waals surface area (Å²) in [4.78, 5) is 25.6. The average Bonchev–Trinajstić information content (AvgIpc) is 3.25. The molecule has 124 valence electrons. The van der Waals surface area contributed by atoms with E-state index < -0.39 is 17.0 Å². The van der Waals surface area contributed by atoms with Gasteiger partial charge in [-0.05, 0) is 25.8 Å². The minimum Gasteiger partial charge on any atom is -0.353 e. The van der Waals surface area contributed by atoms with E-state index in [-0.39, 0.29) is 41.6 Å². The molecule has 2 atom stereocenters. The van der Waals surface area contributed by atoms with Crippen LogP contribution in [-0.2, 0) is 9.59 Å². The fourth-order valence-electron chi connectivity index (χ4n) is 2.59. The minimum atomic E-state index is -0.670. The lowest BCUT2D eigenvalue weighted by molar-refractivity contribution is -0.130. The normalized spacial score (nSPS) is 24.1. The molecule has 1 aromatic carbocycles. The number of halogens is 2. The second-order valence-electron chi connectivity index (χ2n) is 5.92. The Morgan fingerprint density at radius 1 is 1.39 bits per heavy atom. The summed E-state index contributed by atoms with van der Waals surface area (Å²) in [7, 11) is 0. The molecule has 1 saturated heterocycles. The summed E-state index contributed by atoms with van der Waals surface area (Å²) >= 11 is 1.31. The summed E-state index contributed by atoms with van der Waals surface area (Å²) in [6, 6.07) is 3.65. The second-order valence-corrected chi connectivity index (χ2v) is 7.35. The predicted molar refractivity (Wildman–Crippen MR) is 83.6 cm³/mol. The van der Waals surface area contributed by atoms with E-state index in [0.717, 1.165) is 18.9 Å². The molecule has 0 radical (unpaired) electrons. The van der Waals surface area contributed by atoms with Crippen LogP contribution in [0.1, 0.15) is 37.1 Å². The molecule has 2 amide bonds. The van der Waals surface area contributed by atoms with Gasteiger partial charge in [0.15, 0.2) is 0 Å². The second kappa shape index (κ2) is 6.47. The molecule has 0 bridgehead atoms. The van der Waals surface area contributed by atoms with E-state index in [9.17, 15) is 18.4 Å². The van der Waals surface area contributed by atoms with Crippen LogP contribution < -0.4 is 5.32 Å². The first-order valence-electron chi connectivity index (χ1n) is 7.66. The molecule has 2 unspecified atom stereocenters. The standard InChI is InChI=1S/C16H18F2N2O2S/c1-9-15(22)20(7-6-14(21)19-11-3-4-11)16(23-9)12-5-2-10(17)8-13(12)18/h2,5,8-9,11,16H,3-4,6-7H2,1H3,(H,19,21). The molecule has 2 aliphatic rings. The molecular weight excluding hydrogens is 322 g/mol. The van der Waals surface area contributed by atoms with Crippen LogP contribution in [0.5, 0.6) is 0 Å². The van der Waals surface area contributed by atoms with E-state index in [0.29, 0.717) is 0 Å². The van der Waals surface area contributed by atoms with Crippen molar-refractivity contribution in [2.75, 3.05) is 6.54 Å². The Hall–Kier alpha value is -1.63. The summed E-state index contributed by atoms with van der Waals surface area (Å²) < 4.78 is 27.1. The molecular formula is C16H18F2N2O2S. The number of amides is 2. The Morgan fingerprint density at radius 3 is 2.78 bits per heavy atom. The van der Waals surface area contributed by atoms with Crippen molar-refractivity contribution in [2.45, 2.75) is 42.9 Å². The van der Waals surface area contributed by atoms with Gasteiger partial charge in [-0.25, -0.2) is 8.78 Å². The summed E-state index contributed by atoms with van der Waals surface area (Å²) in [5.74, 6) is -1.54. The fourth-order valence-corrected chi connectivity index (χ4v) is 3.93. The first-order valence-corrected chi connectivity index (χ1v) is 8.60. The number of rotatable bonds is 5. The largest absolute Gasteiger partial charge is 0.353 e. The third-order valence-electron chi connectivity index (χ3n) is 4.00. The molecule has 23 heavy (non-hydrogen) atoms. The summed E-state index contributed by atoms with van der Waals surface area (Å²) in [5.41, 5.74) is 0.275. The van der Waals surface area contributed by atoms with Crippen molar-refractivity contribution in [3.63, 3.8) is 0 Å². The molecule has 0 aromatic heterocycles. The molecule has 1 aromatic rings. The lowest BCUT2D eigenvalue weighted by atomic mass is 10.1. The molecule has 1 aliphatic heterocycles. The Balaban J connectivity index is 1.71. The van der Waals surface area contributed by atoms with Crippen LogP contribution in [0.15, 0.2) is 18.2 Å². The maximum absolute atomic E-state index is 14.0. The highest BCUT2D eigenvalue weighted by Crippen LogP contribution is 2.43. The maximum atomic E-state index is 14.0. The quantitative estimate of drug-likeness (QED) is 0.896. The van der Waals surface area contributed by atoms with Crippen LogP contribution in [-0.4, -0.2) is 34.6 Å². The highest BCUT2D eigenvalue weighted by atomic mass is 32.2. The zero-order valence-corrected chi connectivity index (χ0v) is 13.5. The number of hydrogen-bond acceptors (Lipinski definition) is 3. The number of benzene rings is 1. The maximum Gasteiger partial charge on any atom is 0.236 e. The third kappa shape index (κ3) is 3.65. The van der Waals surface area contributed by atoms with Gasteiger partial charge in [0, 0.05) is 30.6 Å². The molecule has 3 rings (SSSR count). The van der Waals surface area contributed by atoms with Crippen LogP contribution in [0.2, 0.25) is 0 Å². The van der Waals surface area contributed by atoms with Crippen molar-refractivity contribution in [2.24, 2.45) is 0 Å². The summed E-state index contributed by atoms with van der Waals surface area (Å²) in [6.45, 7) is 1.99. The highest BCUT2D eigenvalue weighted by molar-refractivity contribution is 8.01. The molecule has 7 heteroatoms. The monoisotopic (exact) mass is 340 g/mol. The molecule has 1 aliphatic carbocycles. The van der Waals surface area contributed by atoms with E-state index in [4.69, 9.17) is 0 Å². The summed E-state index contributed by atoms with van der Waals surface area (Å²) in [5, 5.41) is 2.04. The lowest BCUT2D eigenvalue weighted by Gasteiger charge is -2.24. The van der Waals surface area contributed by atoms with Crippen LogP contribution >= 0.6 is 11.8 Å². The minimum absolute atomic E-state index is 0.0943. The van der Waals surface area contributed by atoms with Gasteiger partial charge in [-0.2, -0.15) is 0 Å². The zero-order valence-electron chi connectivity index (χ0n) is 12.7. The van der Waals surface area contributed by atoms with Gasteiger partial charge in [-0.15, -0.1) is 11.8 Å². The predicted octanol–water partition coefficient (Wildman–Crippen LogP) is 2.60. The number of nitrogens with one attached hydrogen (secondary N) is 1. The van der Waals surface area contributed by atoms with Crippen LogP contribution in [0.3, 0.4) is 0 Å². The number of carbonyl (C=O) groups is 2. The molecule has 1 saturated carbocycles. The van der Waals surface area contributed by atoms with E-state index in [1.54, 1.807) is 6.92 Å². The molecule has 4 nitrogen and oxygen atoms in total. The Morgan fingerprint density at radius 2 is 2.13 bits per heavy atom. The number of nitrogens with zero attached hydrogens (tertiary/aromatic N) is 1. The van der Waals surface area contributed by atoms with Gasteiger partial charge in [0.05, 0.1) is 5.25 Å². The Labute approximate surface area is 137 Å². The van der Waals surface area contributed by atoms with Gasteiger partial charge in [-0.1, -0.05) is 6.07 Å². The van der Waals surface area contributed by atoms with E-state index >= 15 is 0 Å². The van der Waals surface area contributed by atoms with Crippen molar-refractivity contribution in [3.05, 3.63) is 35.4 Å². The van der Waals surface area contributed by atoms with Crippen LogP contribution in [0.4, 0.5) is 8.78 Å². The number of thioether (sulfide) groups is 1. The van der Waals surface area contributed by atoms with Crippen molar-refractivity contribution in [3.8, 4) is 0 Å². The molecule has 1 N–H and O–H groups in total. The Kier molecular flexibility index (Phi) is 4.57. The number of carbonyl (C=O) groups excluding carboxylic acids is 2. The Bertz CT molecular complexity index is 637. The van der Waals surface area contributed by atoms with Gasteiger partial charge >= 0.3 is 0 Å². The first kappa shape index (κ1) is 16.2. The molecule has 1 heterocycles. The van der Waals surface area contributed by atoms with Gasteiger partial charge in [0.1, 0.15) is 17.0 Å². The average molecular weight is 340 g/mol. The molecule has 0 spiro atoms. The third-order valence-corrected chi connectivity index (χ3v) is 5.37. The molecule has 2 fully saturated rings. The lowest BCUT2D eigenvalue weighted by Crippen LogP contribution is -2.35. The van der Waals surface area contributed by atoms with Crippen molar-refractivity contribution < 1.29 is 18.4 Å². The smallest absolute Gasteiger partial charge is 0.236 e.